The molecule has 0 aromatic rings. The third kappa shape index (κ3) is 14.3. The van der Waals surface area contributed by atoms with Crippen molar-refractivity contribution < 1.29 is 29.0 Å². The average molecular weight is 650 g/mol. The van der Waals surface area contributed by atoms with Crippen LogP contribution in [-0.2, 0) is 19.1 Å². The number of aliphatic carboxylic acids is 1. The van der Waals surface area contributed by atoms with Gasteiger partial charge in [-0.25, -0.2) is 4.79 Å². The number of carbonyl (C=O) groups excluding carboxylic acids is 2. The summed E-state index contributed by atoms with van der Waals surface area (Å²) in [6.07, 6.45) is 23.5. The zero-order valence-corrected chi connectivity index (χ0v) is 30.0. The highest BCUT2D eigenvalue weighted by molar-refractivity contribution is 5.83. The number of rotatable bonds is 21. The number of nitrogens with one attached hydrogen (secondary N) is 3. The summed E-state index contributed by atoms with van der Waals surface area (Å²) >= 11 is 0. The van der Waals surface area contributed by atoms with Gasteiger partial charge in [-0.1, -0.05) is 104 Å². The van der Waals surface area contributed by atoms with E-state index >= 15 is 0 Å². The van der Waals surface area contributed by atoms with Gasteiger partial charge in [0.25, 0.3) is 0 Å². The molecule has 9 heteroatoms. The Morgan fingerprint density at radius 2 is 1.46 bits per heavy atom. The normalized spacial score (nSPS) is 21.7. The van der Waals surface area contributed by atoms with Crippen LogP contribution in [0.5, 0.6) is 0 Å². The summed E-state index contributed by atoms with van der Waals surface area (Å²) < 4.78 is 11.7. The highest BCUT2D eigenvalue weighted by Crippen LogP contribution is 2.37. The summed E-state index contributed by atoms with van der Waals surface area (Å²) in [5.41, 5.74) is -1.51. The molecule has 266 valence electrons. The molecule has 1 aliphatic carbocycles. The third-order valence-corrected chi connectivity index (χ3v) is 9.72. The Kier molecular flexibility index (Phi) is 17.7. The molecule has 3 atom stereocenters. The van der Waals surface area contributed by atoms with Crippen LogP contribution >= 0.6 is 0 Å². The van der Waals surface area contributed by atoms with E-state index in [1.54, 1.807) is 13.8 Å². The molecule has 2 rings (SSSR count). The number of unbranched alkanes of at least 4 members (excludes halogenated alkanes) is 10. The second-order valence-electron chi connectivity index (χ2n) is 15.0. The quantitative estimate of drug-likeness (QED) is 0.0737. The number of hydrogen-bond donors (Lipinski definition) is 4. The Labute approximate surface area is 279 Å². The summed E-state index contributed by atoms with van der Waals surface area (Å²) in [5.74, 6) is -3.26. The van der Waals surface area contributed by atoms with Crippen molar-refractivity contribution in [2.45, 2.75) is 181 Å². The maximum absolute atomic E-state index is 13.3. The van der Waals surface area contributed by atoms with Crippen molar-refractivity contribution >= 4 is 17.9 Å². The number of carboxylic acids is 1. The van der Waals surface area contributed by atoms with Gasteiger partial charge in [-0.05, 0) is 65.7 Å². The summed E-state index contributed by atoms with van der Waals surface area (Å²) in [7, 11) is 0. The minimum absolute atomic E-state index is 0.0166. The summed E-state index contributed by atoms with van der Waals surface area (Å²) in [4.78, 5) is 39.1. The number of ether oxygens (including phenoxy) is 2. The van der Waals surface area contributed by atoms with E-state index in [2.05, 4.69) is 35.0 Å². The van der Waals surface area contributed by atoms with Crippen LogP contribution in [0.1, 0.15) is 157 Å². The van der Waals surface area contributed by atoms with Crippen LogP contribution < -0.4 is 16.0 Å². The average Bonchev–Trinajstić information content (AvgIpc) is 2.98. The van der Waals surface area contributed by atoms with Crippen LogP contribution in [0.3, 0.4) is 0 Å². The van der Waals surface area contributed by atoms with Gasteiger partial charge in [0.2, 0.25) is 5.91 Å². The molecule has 0 bridgehead atoms. The molecule has 1 aliphatic heterocycles. The topological polar surface area (TPSA) is 126 Å². The standard InChI is InChI=1S/C37H67N3O6/c1-7-8-9-10-11-12-13-14-15-16-17-18-19-21-24-29(2)39-34(44)40-37(25-22-20-23-26-37)30(33(42)43)27-38-32(41)31-35(3,4)28-45-36(5,6)46-31/h14-15,29-31H,7-13,16-28H2,1-6H3,(H,38,41)(H,42,43)(H2,39,40,44)/b15-14+. The molecule has 2 fully saturated rings. The van der Waals surface area contributed by atoms with Gasteiger partial charge >= 0.3 is 12.0 Å². The van der Waals surface area contributed by atoms with Gasteiger partial charge < -0.3 is 30.5 Å². The van der Waals surface area contributed by atoms with Crippen molar-refractivity contribution in [2.24, 2.45) is 11.3 Å². The van der Waals surface area contributed by atoms with Gasteiger partial charge in [0.05, 0.1) is 18.1 Å². The molecule has 0 spiro atoms. The summed E-state index contributed by atoms with van der Waals surface area (Å²) in [6, 6.07) is -0.352. The van der Waals surface area contributed by atoms with Gasteiger partial charge in [0.15, 0.2) is 5.79 Å². The molecule has 0 aromatic carbocycles. The largest absolute Gasteiger partial charge is 0.481 e. The molecule has 0 radical (unpaired) electrons. The fraction of sp³-hybridized carbons (Fsp3) is 0.865. The zero-order chi connectivity index (χ0) is 34.1. The van der Waals surface area contributed by atoms with E-state index in [0.29, 0.717) is 19.4 Å². The van der Waals surface area contributed by atoms with E-state index in [9.17, 15) is 19.5 Å². The van der Waals surface area contributed by atoms with E-state index in [-0.39, 0.29) is 24.5 Å². The minimum Gasteiger partial charge on any atom is -0.481 e. The molecule has 1 saturated heterocycles. The van der Waals surface area contributed by atoms with Crippen LogP contribution in [-0.4, -0.2) is 59.6 Å². The number of carboxylic acid groups (broad SMARTS) is 1. The Balaban J connectivity index is 1.78. The molecular weight excluding hydrogens is 582 g/mol. The van der Waals surface area contributed by atoms with Gasteiger partial charge in [-0.2, -0.15) is 0 Å². The fourth-order valence-electron chi connectivity index (χ4n) is 6.78. The molecule has 1 saturated carbocycles. The lowest BCUT2D eigenvalue weighted by atomic mass is 9.72. The predicted octanol–water partition coefficient (Wildman–Crippen LogP) is 8.02. The molecule has 3 amide bonds. The van der Waals surface area contributed by atoms with Gasteiger partial charge in [-0.15, -0.1) is 0 Å². The molecule has 0 aromatic heterocycles. The van der Waals surface area contributed by atoms with Gasteiger partial charge in [-0.3, -0.25) is 9.59 Å². The lowest BCUT2D eigenvalue weighted by Gasteiger charge is -2.45. The number of hydrogen-bond acceptors (Lipinski definition) is 5. The van der Waals surface area contributed by atoms with Crippen molar-refractivity contribution in [3.8, 4) is 0 Å². The Bertz CT molecular complexity index is 943. The van der Waals surface area contributed by atoms with Crippen molar-refractivity contribution in [3.05, 3.63) is 12.2 Å². The monoisotopic (exact) mass is 650 g/mol. The number of amides is 3. The molecule has 3 unspecified atom stereocenters. The highest BCUT2D eigenvalue weighted by atomic mass is 16.7. The van der Waals surface area contributed by atoms with Gasteiger partial charge in [0.1, 0.15) is 6.10 Å². The Morgan fingerprint density at radius 3 is 2.07 bits per heavy atom. The number of urea groups is 1. The first-order chi connectivity index (χ1) is 21.8. The van der Waals surface area contributed by atoms with E-state index in [1.165, 1.54) is 57.8 Å². The summed E-state index contributed by atoms with van der Waals surface area (Å²) in [6.45, 7) is 11.8. The van der Waals surface area contributed by atoms with E-state index in [0.717, 1.165) is 44.9 Å². The Morgan fingerprint density at radius 1 is 0.870 bits per heavy atom. The lowest BCUT2D eigenvalue weighted by Crippen LogP contribution is -2.63. The van der Waals surface area contributed by atoms with Crippen LogP contribution in [0.15, 0.2) is 12.2 Å². The van der Waals surface area contributed by atoms with Crippen LogP contribution in [0.2, 0.25) is 0 Å². The second kappa shape index (κ2) is 20.3. The smallest absolute Gasteiger partial charge is 0.315 e. The molecule has 46 heavy (non-hydrogen) atoms. The first kappa shape index (κ1) is 40.0. The SMILES string of the molecule is CCCCCCCC/C=C/CCCCCCC(C)NC(=O)NC1(C(CNC(=O)C2OC(C)(C)OCC2(C)C)C(=O)O)CCCCC1. The first-order valence-corrected chi connectivity index (χ1v) is 18.4. The van der Waals surface area contributed by atoms with E-state index in [4.69, 9.17) is 9.47 Å². The molecule has 4 N–H and O–H groups in total. The maximum atomic E-state index is 13.3. The molecule has 9 nitrogen and oxygen atoms in total. The predicted molar refractivity (Wildman–Crippen MR) is 185 cm³/mol. The zero-order valence-electron chi connectivity index (χ0n) is 30.0. The molecule has 1 heterocycles. The van der Waals surface area contributed by atoms with Crippen molar-refractivity contribution in [1.29, 1.82) is 0 Å². The van der Waals surface area contributed by atoms with Gasteiger partial charge in [0, 0.05) is 18.0 Å². The molecule has 2 aliphatic rings. The second-order valence-corrected chi connectivity index (χ2v) is 15.0. The molecular formula is C37H67N3O6. The highest BCUT2D eigenvalue weighted by Gasteiger charge is 2.48. The van der Waals surface area contributed by atoms with Crippen molar-refractivity contribution in [1.82, 2.24) is 16.0 Å². The minimum atomic E-state index is -1.03. The van der Waals surface area contributed by atoms with E-state index < -0.39 is 34.7 Å². The van der Waals surface area contributed by atoms with Crippen molar-refractivity contribution in [2.75, 3.05) is 13.2 Å². The maximum Gasteiger partial charge on any atom is 0.315 e. The third-order valence-electron chi connectivity index (χ3n) is 9.72. The van der Waals surface area contributed by atoms with Crippen LogP contribution in [0.25, 0.3) is 0 Å². The summed E-state index contributed by atoms with van der Waals surface area (Å²) in [5, 5.41) is 19.3. The van der Waals surface area contributed by atoms with Crippen molar-refractivity contribution in [3.63, 3.8) is 0 Å². The lowest BCUT2D eigenvalue weighted by molar-refractivity contribution is -0.304. The van der Waals surface area contributed by atoms with E-state index in [1.807, 2.05) is 20.8 Å². The number of carbonyl (C=O) groups is 3. The number of allylic oxidation sites excluding steroid dienone is 2. The first-order valence-electron chi connectivity index (χ1n) is 18.4. The fourth-order valence-corrected chi connectivity index (χ4v) is 6.78. The van der Waals surface area contributed by atoms with Crippen LogP contribution in [0.4, 0.5) is 4.79 Å². The Hall–Kier alpha value is -2.13. The van der Waals surface area contributed by atoms with Crippen LogP contribution in [0, 0.1) is 11.3 Å².